The highest BCUT2D eigenvalue weighted by molar-refractivity contribution is 8.74. The van der Waals surface area contributed by atoms with Crippen LogP contribution in [0.1, 0.15) is 94.9 Å². The van der Waals surface area contributed by atoms with Crippen molar-refractivity contribution in [1.82, 2.24) is 19.2 Å². The van der Waals surface area contributed by atoms with Crippen LogP contribution in [0, 0.1) is 0 Å². The third-order valence-corrected chi connectivity index (χ3v) is 11.2. The van der Waals surface area contributed by atoms with E-state index in [1.54, 1.807) is 35.8 Å². The fourth-order valence-electron chi connectivity index (χ4n) is 6.21. The van der Waals surface area contributed by atoms with E-state index in [2.05, 4.69) is 87.8 Å². The molecule has 46 heavy (non-hydrogen) atoms. The smallest absolute Gasteiger partial charge is 0.407 e. The maximum Gasteiger partial charge on any atom is 0.407 e. The summed E-state index contributed by atoms with van der Waals surface area (Å²) in [7, 11) is 3.39. The van der Waals surface area contributed by atoms with Crippen molar-refractivity contribution in [1.29, 1.82) is 0 Å². The van der Waals surface area contributed by atoms with Gasteiger partial charge in [0.25, 0.3) is 0 Å². The van der Waals surface area contributed by atoms with Gasteiger partial charge in [-0.15, -0.1) is 0 Å². The molecular weight excluding hydrogens is 633 g/mol. The standard InChI is InChI=1S/C32H54N4O8S2/c1-21(2)25(37)41-15-13-33-27(39)43-23-17-29(5,6)35(30(7,8)18-23)45-46-36-31(9,10)19-24(20-32(36,11)12)44-28(40)34-14-16-42-26(38)22(3)4/h23-24H,1,3,13-20H2,2,4-12H3,(H,33,39)(H,34,40). The Morgan fingerprint density at radius 1 is 0.630 bits per heavy atom. The first-order chi connectivity index (χ1) is 21.1. The minimum atomic E-state index is -0.535. The lowest BCUT2D eigenvalue weighted by Gasteiger charge is -2.56. The topological polar surface area (TPSA) is 136 Å². The number of alkyl carbamates (subject to hydrolysis) is 2. The molecule has 2 amide bonds. The van der Waals surface area contributed by atoms with Gasteiger partial charge in [-0.2, -0.15) is 0 Å². The number of nitrogens with one attached hydrogen (secondary N) is 2. The Morgan fingerprint density at radius 2 is 0.913 bits per heavy atom. The molecule has 12 nitrogen and oxygen atoms in total. The third kappa shape index (κ3) is 11.7. The number of carbonyl (C=O) groups is 4. The lowest BCUT2D eigenvalue weighted by molar-refractivity contribution is -0.139. The summed E-state index contributed by atoms with van der Waals surface area (Å²) in [6.07, 6.45) is 0.945. The van der Waals surface area contributed by atoms with E-state index < -0.39 is 24.1 Å². The minimum Gasteiger partial charge on any atom is -0.460 e. The second-order valence-electron chi connectivity index (χ2n) is 14.5. The van der Waals surface area contributed by atoms with Gasteiger partial charge in [0.05, 0.1) is 13.1 Å². The number of nitrogens with zero attached hydrogens (tertiary/aromatic N) is 2. The average molecular weight is 687 g/mol. The molecule has 2 N–H and O–H groups in total. The second kappa shape index (κ2) is 16.1. The highest BCUT2D eigenvalue weighted by Gasteiger charge is 2.51. The summed E-state index contributed by atoms with van der Waals surface area (Å²) in [4.78, 5) is 48.0. The van der Waals surface area contributed by atoms with E-state index >= 15 is 0 Å². The number of hydrogen-bond acceptors (Lipinski definition) is 12. The van der Waals surface area contributed by atoms with Crippen molar-refractivity contribution in [3.63, 3.8) is 0 Å². The Balaban J connectivity index is 1.92. The highest BCUT2D eigenvalue weighted by atomic mass is 33.1. The first-order valence-electron chi connectivity index (χ1n) is 15.6. The molecule has 0 radical (unpaired) electrons. The van der Waals surface area contributed by atoms with Gasteiger partial charge in [-0.05, 0) is 69.2 Å². The van der Waals surface area contributed by atoms with Crippen LogP contribution < -0.4 is 10.6 Å². The van der Waals surface area contributed by atoms with Crippen LogP contribution in [0.5, 0.6) is 0 Å². The molecule has 2 fully saturated rings. The second-order valence-corrected chi connectivity index (χ2v) is 16.5. The van der Waals surface area contributed by atoms with Gasteiger partial charge in [0.15, 0.2) is 0 Å². The van der Waals surface area contributed by atoms with Gasteiger partial charge in [-0.1, -0.05) is 13.2 Å². The van der Waals surface area contributed by atoms with Gasteiger partial charge in [0, 0.05) is 80.9 Å². The Kier molecular flexibility index (Phi) is 13.9. The molecule has 0 aromatic carbocycles. The zero-order chi connectivity index (χ0) is 35.1. The van der Waals surface area contributed by atoms with Gasteiger partial charge < -0.3 is 29.6 Å². The Labute approximate surface area is 282 Å². The van der Waals surface area contributed by atoms with Gasteiger partial charge in [0.2, 0.25) is 0 Å². The molecule has 14 heteroatoms. The Morgan fingerprint density at radius 3 is 1.17 bits per heavy atom. The van der Waals surface area contributed by atoms with E-state index in [9.17, 15) is 19.2 Å². The number of carbonyl (C=O) groups excluding carboxylic acids is 4. The largest absolute Gasteiger partial charge is 0.460 e. The van der Waals surface area contributed by atoms with Crippen LogP contribution in [0.2, 0.25) is 0 Å². The molecule has 0 saturated carbocycles. The van der Waals surface area contributed by atoms with Crippen molar-refractivity contribution in [2.75, 3.05) is 26.3 Å². The van der Waals surface area contributed by atoms with Crippen LogP contribution in [0.15, 0.2) is 24.3 Å². The molecule has 0 atom stereocenters. The molecule has 0 aliphatic carbocycles. The zero-order valence-corrected chi connectivity index (χ0v) is 30.8. The summed E-state index contributed by atoms with van der Waals surface area (Å²) in [5.41, 5.74) is -0.583. The number of rotatable bonds is 13. The minimum absolute atomic E-state index is 0.0438. The normalized spacial score (nSPS) is 21.0. The average Bonchev–Trinajstić information content (AvgIpc) is 2.88. The number of esters is 2. The van der Waals surface area contributed by atoms with E-state index in [4.69, 9.17) is 18.9 Å². The van der Waals surface area contributed by atoms with E-state index in [1.165, 1.54) is 0 Å². The van der Waals surface area contributed by atoms with Crippen LogP contribution in [-0.2, 0) is 28.5 Å². The maximum atomic E-state index is 12.5. The van der Waals surface area contributed by atoms with Crippen LogP contribution in [0.4, 0.5) is 9.59 Å². The van der Waals surface area contributed by atoms with Crippen LogP contribution in [0.3, 0.4) is 0 Å². The molecule has 2 saturated heterocycles. The third-order valence-electron chi connectivity index (χ3n) is 7.74. The quantitative estimate of drug-likeness (QED) is 0.0594. The lowest BCUT2D eigenvalue weighted by atomic mass is 9.81. The molecule has 2 aliphatic rings. The summed E-state index contributed by atoms with van der Waals surface area (Å²) in [6.45, 7) is 27.8. The molecule has 0 unspecified atom stereocenters. The molecule has 2 rings (SSSR count). The summed E-state index contributed by atoms with van der Waals surface area (Å²) < 4.78 is 26.4. The predicted octanol–water partition coefficient (Wildman–Crippen LogP) is 5.93. The summed E-state index contributed by atoms with van der Waals surface area (Å²) in [5.74, 6) is -0.989. The zero-order valence-electron chi connectivity index (χ0n) is 29.2. The fraction of sp³-hybridized carbons (Fsp3) is 0.750. The summed E-state index contributed by atoms with van der Waals surface area (Å²) >= 11 is 0. The number of hydrogen-bond donors (Lipinski definition) is 2. The monoisotopic (exact) mass is 686 g/mol. The van der Waals surface area contributed by atoms with Crippen LogP contribution in [-0.4, -0.2) is 93.4 Å². The maximum absolute atomic E-state index is 12.5. The van der Waals surface area contributed by atoms with E-state index in [-0.39, 0.29) is 60.7 Å². The molecular formula is C32H54N4O8S2. The summed E-state index contributed by atoms with van der Waals surface area (Å²) in [5, 5.41) is 5.32. The van der Waals surface area contributed by atoms with Crippen molar-refractivity contribution < 1.29 is 38.1 Å². The van der Waals surface area contributed by atoms with Crippen molar-refractivity contribution in [2.24, 2.45) is 0 Å². The van der Waals surface area contributed by atoms with Crippen molar-refractivity contribution in [3.8, 4) is 0 Å². The lowest BCUT2D eigenvalue weighted by Crippen LogP contribution is -2.61. The predicted molar refractivity (Wildman–Crippen MR) is 182 cm³/mol. The highest BCUT2D eigenvalue weighted by Crippen LogP contribution is 2.53. The number of ether oxygens (including phenoxy) is 4. The summed E-state index contributed by atoms with van der Waals surface area (Å²) in [6, 6.07) is 0. The molecule has 0 spiro atoms. The first-order valence-corrected chi connectivity index (χ1v) is 17.6. The molecule has 0 bridgehead atoms. The van der Waals surface area contributed by atoms with Gasteiger partial charge in [-0.25, -0.2) is 27.8 Å². The van der Waals surface area contributed by atoms with E-state index in [0.29, 0.717) is 36.8 Å². The molecule has 0 aromatic heterocycles. The fourth-order valence-corrected chi connectivity index (χ4v) is 10.3. The first kappa shape index (κ1) is 39.8. The Hall–Kier alpha value is -2.42. The molecule has 2 heterocycles. The van der Waals surface area contributed by atoms with Crippen molar-refractivity contribution >= 4 is 46.1 Å². The van der Waals surface area contributed by atoms with E-state index in [0.717, 1.165) is 0 Å². The molecule has 262 valence electrons. The van der Waals surface area contributed by atoms with Gasteiger partial charge >= 0.3 is 24.1 Å². The van der Waals surface area contributed by atoms with Gasteiger partial charge in [-0.3, -0.25) is 0 Å². The molecule has 2 aliphatic heterocycles. The number of amides is 2. The SMILES string of the molecule is C=C(C)C(=O)OCCNC(=O)OC1CC(C)(C)N(SSN2C(C)(C)CC(OC(=O)NCCOC(=O)C(=C)C)CC2(C)C)C(C)(C)C1. The van der Waals surface area contributed by atoms with Gasteiger partial charge in [0.1, 0.15) is 25.4 Å². The van der Waals surface area contributed by atoms with Crippen molar-refractivity contribution in [3.05, 3.63) is 24.3 Å². The Bertz CT molecular complexity index is 1030. The van der Waals surface area contributed by atoms with E-state index in [1.807, 2.05) is 0 Å². The molecule has 0 aromatic rings. The number of piperidine rings is 2. The van der Waals surface area contributed by atoms with Crippen LogP contribution >= 0.6 is 22.0 Å². The van der Waals surface area contributed by atoms with Crippen LogP contribution in [0.25, 0.3) is 0 Å². The van der Waals surface area contributed by atoms with Crippen molar-refractivity contribution in [2.45, 2.75) is 129 Å².